The smallest absolute Gasteiger partial charge is 0.160 e. The summed E-state index contributed by atoms with van der Waals surface area (Å²) in [6, 6.07) is 16.9. The summed E-state index contributed by atoms with van der Waals surface area (Å²) in [5.41, 5.74) is 1.83. The second-order valence-electron chi connectivity index (χ2n) is 8.06. The van der Waals surface area contributed by atoms with Crippen LogP contribution in [-0.4, -0.2) is 39.3 Å². The Balaban J connectivity index is 1.96. The first kappa shape index (κ1) is 24.2. The number of methoxy groups -OCH3 is 2. The van der Waals surface area contributed by atoms with Crippen LogP contribution in [0.4, 0.5) is 0 Å². The normalized spacial score (nSPS) is 13.2. The predicted molar refractivity (Wildman–Crippen MR) is 126 cm³/mol. The molecule has 2 aromatic rings. The summed E-state index contributed by atoms with van der Waals surface area (Å²) in [6.45, 7) is 6.19. The quantitative estimate of drug-likeness (QED) is 0.412. The van der Waals surface area contributed by atoms with Crippen molar-refractivity contribution in [3.05, 3.63) is 58.1 Å². The van der Waals surface area contributed by atoms with Gasteiger partial charge in [0.2, 0.25) is 0 Å². The number of nitrogens with zero attached hydrogens (tertiary/aromatic N) is 2. The Morgan fingerprint density at radius 3 is 2.37 bits per heavy atom. The van der Waals surface area contributed by atoms with Crippen molar-refractivity contribution in [1.29, 1.82) is 5.26 Å². The first-order chi connectivity index (χ1) is 14.4. The van der Waals surface area contributed by atoms with E-state index in [2.05, 4.69) is 59.9 Å². The average molecular weight is 473 g/mol. The lowest BCUT2D eigenvalue weighted by Gasteiger charge is -2.33. The molecule has 0 aliphatic rings. The largest absolute Gasteiger partial charge is 0.493 e. The third kappa shape index (κ3) is 5.77. The van der Waals surface area contributed by atoms with Crippen molar-refractivity contribution in [3.63, 3.8) is 0 Å². The van der Waals surface area contributed by atoms with Crippen molar-refractivity contribution in [2.45, 2.75) is 38.5 Å². The van der Waals surface area contributed by atoms with E-state index in [0.29, 0.717) is 0 Å². The molecule has 5 heteroatoms. The van der Waals surface area contributed by atoms with E-state index in [0.717, 1.165) is 53.9 Å². The van der Waals surface area contributed by atoms with Gasteiger partial charge in [-0.2, -0.15) is 5.26 Å². The highest BCUT2D eigenvalue weighted by Gasteiger charge is 2.36. The zero-order valence-corrected chi connectivity index (χ0v) is 20.3. The Kier molecular flexibility index (Phi) is 9.20. The molecule has 162 valence electrons. The summed E-state index contributed by atoms with van der Waals surface area (Å²) in [6.07, 6.45) is 2.74. The first-order valence-electron chi connectivity index (χ1n) is 10.4. The van der Waals surface area contributed by atoms with Crippen LogP contribution in [0.15, 0.2) is 46.9 Å². The summed E-state index contributed by atoms with van der Waals surface area (Å²) in [5.74, 6) is 1.75. The number of benzene rings is 2. The van der Waals surface area contributed by atoms with Crippen molar-refractivity contribution in [2.75, 3.05) is 34.4 Å². The van der Waals surface area contributed by atoms with E-state index in [1.54, 1.807) is 14.2 Å². The van der Waals surface area contributed by atoms with Gasteiger partial charge in [0.25, 0.3) is 0 Å². The van der Waals surface area contributed by atoms with Crippen molar-refractivity contribution < 1.29 is 9.47 Å². The maximum Gasteiger partial charge on any atom is 0.160 e. The van der Waals surface area contributed by atoms with Gasteiger partial charge in [0.15, 0.2) is 11.5 Å². The van der Waals surface area contributed by atoms with E-state index in [-0.39, 0.29) is 5.92 Å². The van der Waals surface area contributed by atoms with Crippen molar-refractivity contribution in [1.82, 2.24) is 4.90 Å². The van der Waals surface area contributed by atoms with Gasteiger partial charge >= 0.3 is 0 Å². The van der Waals surface area contributed by atoms with Gasteiger partial charge in [-0.3, -0.25) is 0 Å². The Morgan fingerprint density at radius 1 is 1.07 bits per heavy atom. The van der Waals surface area contributed by atoms with Gasteiger partial charge in [0.1, 0.15) is 0 Å². The molecular weight excluding hydrogens is 440 g/mol. The Bertz CT molecular complexity index is 862. The van der Waals surface area contributed by atoms with Gasteiger partial charge in [0, 0.05) is 11.0 Å². The second kappa shape index (κ2) is 11.4. The summed E-state index contributed by atoms with van der Waals surface area (Å²) in [7, 11) is 5.45. The second-order valence-corrected chi connectivity index (χ2v) is 8.92. The molecule has 0 fully saturated rings. The van der Waals surface area contributed by atoms with Crippen LogP contribution in [-0.2, 0) is 11.8 Å². The lowest BCUT2D eigenvalue weighted by Crippen LogP contribution is -2.33. The average Bonchev–Trinajstić information content (AvgIpc) is 2.75. The highest BCUT2D eigenvalue weighted by atomic mass is 79.9. The molecule has 0 radical (unpaired) electrons. The highest BCUT2D eigenvalue weighted by Crippen LogP contribution is 2.40. The van der Waals surface area contributed by atoms with E-state index >= 15 is 0 Å². The Labute approximate surface area is 189 Å². The number of ether oxygens (including phenoxy) is 2. The van der Waals surface area contributed by atoms with Crippen LogP contribution in [0.25, 0.3) is 0 Å². The third-order valence-electron chi connectivity index (χ3n) is 5.88. The number of halogens is 1. The van der Waals surface area contributed by atoms with Crippen LogP contribution < -0.4 is 9.47 Å². The molecule has 0 aliphatic heterocycles. The summed E-state index contributed by atoms with van der Waals surface area (Å²) in [5, 5.41) is 10.1. The van der Waals surface area contributed by atoms with Gasteiger partial charge in [-0.25, -0.2) is 0 Å². The number of hydrogen-bond donors (Lipinski definition) is 0. The lowest BCUT2D eigenvalue weighted by molar-refractivity contribution is 0.293. The molecule has 0 saturated heterocycles. The molecule has 0 aliphatic carbocycles. The molecule has 0 heterocycles. The maximum absolute atomic E-state index is 10.1. The fourth-order valence-corrected chi connectivity index (χ4v) is 4.54. The first-order valence-corrected chi connectivity index (χ1v) is 11.2. The fraction of sp³-hybridized carbons (Fsp3) is 0.480. The summed E-state index contributed by atoms with van der Waals surface area (Å²) >= 11 is 3.65. The van der Waals surface area contributed by atoms with Crippen LogP contribution in [0.3, 0.4) is 0 Å². The molecule has 0 saturated carbocycles. The SMILES string of the molecule is COc1ccc(CCN(C)CCC[C@@](C#N)(c2ccccc2Br)C(C)C)cc1OC. The molecule has 0 aromatic heterocycles. The van der Waals surface area contributed by atoms with Gasteiger partial charge < -0.3 is 14.4 Å². The molecule has 2 aromatic carbocycles. The minimum atomic E-state index is -0.482. The number of likely N-dealkylation sites (N-methyl/N-ethyl adjacent to an activating group) is 1. The van der Waals surface area contributed by atoms with Gasteiger partial charge in [-0.1, -0.05) is 54.0 Å². The highest BCUT2D eigenvalue weighted by molar-refractivity contribution is 9.10. The Hall–Kier alpha value is -2.03. The third-order valence-corrected chi connectivity index (χ3v) is 6.57. The van der Waals surface area contributed by atoms with E-state index < -0.39 is 5.41 Å². The van der Waals surface area contributed by atoms with Crippen LogP contribution in [0, 0.1) is 17.2 Å². The van der Waals surface area contributed by atoms with Crippen LogP contribution in [0.1, 0.15) is 37.8 Å². The van der Waals surface area contributed by atoms with E-state index in [1.165, 1.54) is 5.56 Å². The minimum absolute atomic E-state index is 0.235. The molecule has 0 unspecified atom stereocenters. The van der Waals surface area contributed by atoms with Gasteiger partial charge in [-0.15, -0.1) is 0 Å². The van der Waals surface area contributed by atoms with E-state index in [9.17, 15) is 5.26 Å². The molecule has 0 N–H and O–H groups in total. The molecule has 0 amide bonds. The number of rotatable bonds is 11. The molecule has 0 spiro atoms. The zero-order chi connectivity index (χ0) is 22.1. The van der Waals surface area contributed by atoms with Gasteiger partial charge in [-0.05, 0) is 68.1 Å². The van der Waals surface area contributed by atoms with Crippen molar-refractivity contribution >= 4 is 15.9 Å². The number of nitriles is 1. The van der Waals surface area contributed by atoms with Crippen LogP contribution in [0.5, 0.6) is 11.5 Å². The zero-order valence-electron chi connectivity index (χ0n) is 18.7. The molecule has 0 bridgehead atoms. The number of hydrogen-bond acceptors (Lipinski definition) is 4. The molecule has 30 heavy (non-hydrogen) atoms. The van der Waals surface area contributed by atoms with Gasteiger partial charge in [0.05, 0.1) is 25.7 Å². The summed E-state index contributed by atoms with van der Waals surface area (Å²) in [4.78, 5) is 2.33. The lowest BCUT2D eigenvalue weighted by atomic mass is 9.70. The maximum atomic E-state index is 10.1. The topological polar surface area (TPSA) is 45.5 Å². The Morgan fingerprint density at radius 2 is 1.77 bits per heavy atom. The van der Waals surface area contributed by atoms with Crippen molar-refractivity contribution in [2.24, 2.45) is 5.92 Å². The van der Waals surface area contributed by atoms with Crippen LogP contribution in [0.2, 0.25) is 0 Å². The fourth-order valence-electron chi connectivity index (χ4n) is 3.90. The van der Waals surface area contributed by atoms with E-state index in [1.807, 2.05) is 30.3 Å². The molecule has 4 nitrogen and oxygen atoms in total. The molecular formula is C25H33BrN2O2. The van der Waals surface area contributed by atoms with Crippen molar-refractivity contribution in [3.8, 4) is 17.6 Å². The monoisotopic (exact) mass is 472 g/mol. The minimum Gasteiger partial charge on any atom is -0.493 e. The molecule has 1 atom stereocenters. The van der Waals surface area contributed by atoms with Crippen LogP contribution >= 0.6 is 15.9 Å². The predicted octanol–water partition coefficient (Wildman–Crippen LogP) is 5.84. The van der Waals surface area contributed by atoms with E-state index in [4.69, 9.17) is 9.47 Å². The molecule has 2 rings (SSSR count). The summed E-state index contributed by atoms with van der Waals surface area (Å²) < 4.78 is 11.7. The standard InChI is InChI=1S/C25H33BrN2O2/c1-19(2)25(18-27,21-9-6-7-10-22(21)26)14-8-15-28(3)16-13-20-11-12-23(29-4)24(17-20)30-5/h6-7,9-12,17,19H,8,13-16H2,1-5H3/t25-/m0/s1.